The van der Waals surface area contributed by atoms with Gasteiger partial charge in [-0.1, -0.05) is 19.3 Å². The van der Waals surface area contributed by atoms with Gasteiger partial charge >= 0.3 is 0 Å². The van der Waals surface area contributed by atoms with Crippen molar-refractivity contribution < 1.29 is 9.21 Å². The van der Waals surface area contributed by atoms with Gasteiger partial charge in [-0.25, -0.2) is 0 Å². The molecule has 0 aliphatic heterocycles. The van der Waals surface area contributed by atoms with Crippen LogP contribution in [0.1, 0.15) is 43.6 Å². The summed E-state index contributed by atoms with van der Waals surface area (Å²) in [6.07, 6.45) is 4.85. The Kier molecular flexibility index (Phi) is 3.52. The maximum Gasteiger partial charge on any atom is 0.240 e. The van der Waals surface area contributed by atoms with E-state index in [1.165, 1.54) is 6.42 Å². The molecule has 1 aliphatic rings. The maximum absolute atomic E-state index is 12.0. The fourth-order valence-corrected chi connectivity index (χ4v) is 2.33. The number of hydrogen-bond acceptors (Lipinski definition) is 3. The Bertz CT molecular complexity index is 392. The van der Waals surface area contributed by atoms with Crippen LogP contribution >= 0.6 is 0 Å². The predicted molar refractivity (Wildman–Crippen MR) is 65.3 cm³/mol. The van der Waals surface area contributed by atoms with E-state index >= 15 is 0 Å². The van der Waals surface area contributed by atoms with E-state index in [2.05, 4.69) is 5.32 Å². The van der Waals surface area contributed by atoms with E-state index in [-0.39, 0.29) is 5.91 Å². The monoisotopic (exact) mass is 236 g/mol. The first kappa shape index (κ1) is 12.2. The lowest BCUT2D eigenvalue weighted by atomic mass is 9.82. The molecule has 0 saturated heterocycles. The number of carbonyl (C=O) groups excluding carboxylic acids is 1. The molecule has 4 nitrogen and oxygen atoms in total. The van der Waals surface area contributed by atoms with Crippen molar-refractivity contribution in [2.45, 2.75) is 51.1 Å². The van der Waals surface area contributed by atoms with Crippen LogP contribution < -0.4 is 11.1 Å². The first-order chi connectivity index (χ1) is 8.10. The number of carbonyl (C=O) groups is 1. The summed E-state index contributed by atoms with van der Waals surface area (Å²) < 4.78 is 5.40. The quantitative estimate of drug-likeness (QED) is 0.841. The summed E-state index contributed by atoms with van der Waals surface area (Å²) in [6.45, 7) is 2.31. The zero-order chi connectivity index (χ0) is 12.3. The third-order valence-electron chi connectivity index (χ3n) is 3.42. The van der Waals surface area contributed by atoms with Crippen molar-refractivity contribution in [1.82, 2.24) is 5.32 Å². The van der Waals surface area contributed by atoms with Crippen LogP contribution in [0.25, 0.3) is 0 Å². The summed E-state index contributed by atoms with van der Waals surface area (Å²) in [5.41, 5.74) is 5.46. The first-order valence-electron chi connectivity index (χ1n) is 6.23. The predicted octanol–water partition coefficient (Wildman–Crippen LogP) is 1.87. The van der Waals surface area contributed by atoms with Crippen molar-refractivity contribution in [2.24, 2.45) is 5.73 Å². The number of nitrogens with two attached hydrogens (primary N) is 1. The third kappa shape index (κ3) is 2.88. The first-order valence-corrected chi connectivity index (χ1v) is 6.23. The minimum Gasteiger partial charge on any atom is -0.465 e. The number of hydrogen-bond donors (Lipinski definition) is 2. The zero-order valence-corrected chi connectivity index (χ0v) is 10.3. The summed E-state index contributed by atoms with van der Waals surface area (Å²) in [5, 5.41) is 2.86. The number of amides is 1. The lowest BCUT2D eigenvalue weighted by Crippen LogP contribution is -2.54. The number of aryl methyl sites for hydroxylation is 1. The second-order valence-electron chi connectivity index (χ2n) is 4.91. The smallest absolute Gasteiger partial charge is 0.240 e. The summed E-state index contributed by atoms with van der Waals surface area (Å²) in [7, 11) is 0. The standard InChI is InChI=1S/C13H20N2O2/c1-10-5-6-11(17-10)9-15-12(16)13(14)7-3-2-4-8-13/h5-6H,2-4,7-9,14H2,1H3,(H,15,16). The lowest BCUT2D eigenvalue weighted by molar-refractivity contribution is -0.127. The fraction of sp³-hybridized carbons (Fsp3) is 0.615. The normalized spacial score (nSPS) is 18.9. The molecule has 4 heteroatoms. The Morgan fingerprint density at radius 3 is 2.71 bits per heavy atom. The van der Waals surface area contributed by atoms with Crippen molar-refractivity contribution >= 4 is 5.91 Å². The molecule has 0 spiro atoms. The van der Waals surface area contributed by atoms with Crippen LogP contribution in [0.3, 0.4) is 0 Å². The minimum absolute atomic E-state index is 0.0498. The zero-order valence-electron chi connectivity index (χ0n) is 10.3. The Labute approximate surface area is 102 Å². The van der Waals surface area contributed by atoms with Crippen molar-refractivity contribution in [2.75, 3.05) is 0 Å². The average Bonchev–Trinajstić information content (AvgIpc) is 2.73. The van der Waals surface area contributed by atoms with E-state index in [4.69, 9.17) is 10.2 Å². The van der Waals surface area contributed by atoms with Crippen LogP contribution in [0, 0.1) is 6.92 Å². The summed E-state index contributed by atoms with van der Waals surface area (Å²) in [4.78, 5) is 12.0. The molecule has 0 atom stereocenters. The highest BCUT2D eigenvalue weighted by Crippen LogP contribution is 2.26. The molecule has 1 fully saturated rings. The van der Waals surface area contributed by atoms with Crippen LogP contribution in [-0.4, -0.2) is 11.4 Å². The molecule has 94 valence electrons. The van der Waals surface area contributed by atoms with E-state index in [1.807, 2.05) is 19.1 Å². The van der Waals surface area contributed by atoms with Gasteiger partial charge < -0.3 is 15.5 Å². The van der Waals surface area contributed by atoms with Gasteiger partial charge in [0.25, 0.3) is 0 Å². The fourth-order valence-electron chi connectivity index (χ4n) is 2.33. The van der Waals surface area contributed by atoms with E-state index in [1.54, 1.807) is 0 Å². The number of furan rings is 1. The molecule has 1 saturated carbocycles. The van der Waals surface area contributed by atoms with Gasteiger partial charge in [0.05, 0.1) is 12.1 Å². The van der Waals surface area contributed by atoms with Gasteiger partial charge in [-0.05, 0) is 31.9 Å². The van der Waals surface area contributed by atoms with Gasteiger partial charge in [-0.2, -0.15) is 0 Å². The van der Waals surface area contributed by atoms with Crippen molar-refractivity contribution in [3.63, 3.8) is 0 Å². The summed E-state index contributed by atoms with van der Waals surface area (Å²) in [5.74, 6) is 1.58. The third-order valence-corrected chi connectivity index (χ3v) is 3.42. The Balaban J connectivity index is 1.88. The Morgan fingerprint density at radius 2 is 2.12 bits per heavy atom. The maximum atomic E-state index is 12.0. The van der Waals surface area contributed by atoms with Gasteiger partial charge in [-0.15, -0.1) is 0 Å². The van der Waals surface area contributed by atoms with E-state index in [0.29, 0.717) is 6.54 Å². The summed E-state index contributed by atoms with van der Waals surface area (Å²) >= 11 is 0. The molecule has 0 bridgehead atoms. The average molecular weight is 236 g/mol. The molecule has 17 heavy (non-hydrogen) atoms. The van der Waals surface area contributed by atoms with Gasteiger partial charge in [0, 0.05) is 0 Å². The van der Waals surface area contributed by atoms with Crippen LogP contribution in [-0.2, 0) is 11.3 Å². The number of rotatable bonds is 3. The van der Waals surface area contributed by atoms with E-state index in [9.17, 15) is 4.79 Å². The highest BCUT2D eigenvalue weighted by Gasteiger charge is 2.34. The molecule has 1 aromatic heterocycles. The van der Waals surface area contributed by atoms with Gasteiger partial charge in [-0.3, -0.25) is 4.79 Å². The molecule has 0 radical (unpaired) electrons. The van der Waals surface area contributed by atoms with Crippen molar-refractivity contribution in [3.05, 3.63) is 23.7 Å². The van der Waals surface area contributed by atoms with Crippen LogP contribution in [0.4, 0.5) is 0 Å². The molecular formula is C13H20N2O2. The minimum atomic E-state index is -0.667. The SMILES string of the molecule is Cc1ccc(CNC(=O)C2(N)CCCCC2)o1. The number of nitrogens with one attached hydrogen (secondary N) is 1. The van der Waals surface area contributed by atoms with Crippen molar-refractivity contribution in [1.29, 1.82) is 0 Å². The Morgan fingerprint density at radius 1 is 1.41 bits per heavy atom. The lowest BCUT2D eigenvalue weighted by Gasteiger charge is -2.31. The van der Waals surface area contributed by atoms with Gasteiger partial charge in [0.15, 0.2) is 0 Å². The molecule has 1 aromatic rings. The second-order valence-corrected chi connectivity index (χ2v) is 4.91. The second kappa shape index (κ2) is 4.92. The summed E-state index contributed by atoms with van der Waals surface area (Å²) in [6, 6.07) is 3.76. The molecule has 3 N–H and O–H groups in total. The topological polar surface area (TPSA) is 68.3 Å². The van der Waals surface area contributed by atoms with Crippen LogP contribution in [0.2, 0.25) is 0 Å². The highest BCUT2D eigenvalue weighted by atomic mass is 16.3. The highest BCUT2D eigenvalue weighted by molar-refractivity contribution is 5.86. The van der Waals surface area contributed by atoms with E-state index < -0.39 is 5.54 Å². The molecule has 0 aromatic carbocycles. The molecule has 1 amide bonds. The largest absolute Gasteiger partial charge is 0.465 e. The van der Waals surface area contributed by atoms with Gasteiger partial charge in [0.1, 0.15) is 11.5 Å². The Hall–Kier alpha value is -1.29. The van der Waals surface area contributed by atoms with E-state index in [0.717, 1.165) is 37.2 Å². The molecule has 1 heterocycles. The van der Waals surface area contributed by atoms with Crippen LogP contribution in [0.5, 0.6) is 0 Å². The molecule has 1 aliphatic carbocycles. The van der Waals surface area contributed by atoms with Crippen molar-refractivity contribution in [3.8, 4) is 0 Å². The van der Waals surface area contributed by atoms with Crippen LogP contribution in [0.15, 0.2) is 16.5 Å². The molecule has 2 rings (SSSR count). The van der Waals surface area contributed by atoms with Gasteiger partial charge in [0.2, 0.25) is 5.91 Å². The molecule has 0 unspecified atom stereocenters. The molecular weight excluding hydrogens is 216 g/mol.